The summed E-state index contributed by atoms with van der Waals surface area (Å²) >= 11 is 0. The summed E-state index contributed by atoms with van der Waals surface area (Å²) in [5.41, 5.74) is 4.91. The lowest BCUT2D eigenvalue weighted by molar-refractivity contribution is 0.210. The maximum absolute atomic E-state index is 6.13. The quantitative estimate of drug-likeness (QED) is 0.517. The maximum atomic E-state index is 6.13. The molecule has 2 aromatic heterocycles. The van der Waals surface area contributed by atoms with Gasteiger partial charge in [0.05, 0.1) is 11.6 Å². The number of benzene rings is 2. The van der Waals surface area contributed by atoms with E-state index in [9.17, 15) is 0 Å². The smallest absolute Gasteiger partial charge is 0.178 e. The number of imidazole rings is 1. The van der Waals surface area contributed by atoms with E-state index in [4.69, 9.17) is 4.74 Å². The van der Waals surface area contributed by atoms with Crippen LogP contribution in [0.25, 0.3) is 33.7 Å². The molecule has 2 aromatic carbocycles. The predicted octanol–water partition coefficient (Wildman–Crippen LogP) is 5.61. The van der Waals surface area contributed by atoms with Crippen LogP contribution in [0.2, 0.25) is 0 Å². The average Bonchev–Trinajstić information content (AvgIpc) is 3.38. The van der Waals surface area contributed by atoms with Crippen LogP contribution < -0.4 is 4.74 Å². The molecule has 0 bridgehead atoms. The molecule has 0 atom stereocenters. The summed E-state index contributed by atoms with van der Waals surface area (Å²) in [4.78, 5) is 12.6. The normalized spacial score (nSPS) is 14.7. The van der Waals surface area contributed by atoms with E-state index < -0.39 is 0 Å². The van der Waals surface area contributed by atoms with E-state index in [2.05, 4.69) is 45.3 Å². The number of pyridine rings is 1. The van der Waals surface area contributed by atoms with Crippen molar-refractivity contribution in [2.45, 2.75) is 31.8 Å². The summed E-state index contributed by atoms with van der Waals surface area (Å²) in [6.07, 6.45) is 7.07. The molecule has 1 aliphatic carbocycles. The lowest BCUT2D eigenvalue weighted by atomic mass is 10.1. The Morgan fingerprint density at radius 3 is 2.52 bits per heavy atom. The Balaban J connectivity index is 1.46. The number of aromatic nitrogens is 3. The summed E-state index contributed by atoms with van der Waals surface area (Å²) in [7, 11) is 0. The van der Waals surface area contributed by atoms with Crippen LogP contribution in [0, 0.1) is 0 Å². The third-order valence-corrected chi connectivity index (χ3v) is 5.16. The highest BCUT2D eigenvalue weighted by atomic mass is 16.5. The Bertz CT molecular complexity index is 1070. The Morgan fingerprint density at radius 2 is 1.67 bits per heavy atom. The zero-order valence-corrected chi connectivity index (χ0v) is 15.1. The molecule has 134 valence electrons. The maximum Gasteiger partial charge on any atom is 0.178 e. The summed E-state index contributed by atoms with van der Waals surface area (Å²) in [5, 5.41) is 0. The van der Waals surface area contributed by atoms with Crippen molar-refractivity contribution in [3.05, 3.63) is 66.9 Å². The van der Waals surface area contributed by atoms with Gasteiger partial charge in [0.15, 0.2) is 5.65 Å². The number of fused-ring (bicyclic) bond motifs is 1. The molecule has 0 saturated heterocycles. The molecule has 0 spiro atoms. The minimum Gasteiger partial charge on any atom is -0.490 e. The first-order valence-corrected chi connectivity index (χ1v) is 9.53. The van der Waals surface area contributed by atoms with Crippen molar-refractivity contribution in [3.63, 3.8) is 0 Å². The molecule has 4 aromatic rings. The topological polar surface area (TPSA) is 50.8 Å². The van der Waals surface area contributed by atoms with Gasteiger partial charge in [0.1, 0.15) is 11.6 Å². The highest BCUT2D eigenvalue weighted by Gasteiger charge is 2.17. The number of nitrogens with one attached hydrogen (secondary N) is 1. The van der Waals surface area contributed by atoms with Gasteiger partial charge in [0.25, 0.3) is 0 Å². The van der Waals surface area contributed by atoms with E-state index in [0.29, 0.717) is 6.10 Å². The van der Waals surface area contributed by atoms with Gasteiger partial charge in [-0.25, -0.2) is 9.97 Å². The number of rotatable bonds is 4. The van der Waals surface area contributed by atoms with E-state index in [-0.39, 0.29) is 0 Å². The van der Waals surface area contributed by atoms with Crippen molar-refractivity contribution in [2.24, 2.45) is 0 Å². The van der Waals surface area contributed by atoms with Crippen LogP contribution in [0.3, 0.4) is 0 Å². The highest BCUT2D eigenvalue weighted by Crippen LogP contribution is 2.28. The first-order valence-electron chi connectivity index (χ1n) is 9.53. The number of ether oxygens (including phenoxy) is 1. The van der Waals surface area contributed by atoms with Crippen molar-refractivity contribution >= 4 is 11.2 Å². The van der Waals surface area contributed by atoms with Gasteiger partial charge in [-0.3, -0.25) is 0 Å². The number of hydrogen-bond donors (Lipinski definition) is 1. The van der Waals surface area contributed by atoms with Crippen LogP contribution >= 0.6 is 0 Å². The SMILES string of the molecule is c1ccc(-c2cnc3nc(-c4cccc(OC5CCCC5)c4)[nH]c3c2)cc1. The molecule has 1 aliphatic rings. The Labute approximate surface area is 158 Å². The fourth-order valence-corrected chi connectivity index (χ4v) is 3.74. The first kappa shape index (κ1) is 16.1. The minimum atomic E-state index is 0.353. The molecule has 4 nitrogen and oxygen atoms in total. The molecule has 1 N–H and O–H groups in total. The van der Waals surface area contributed by atoms with Gasteiger partial charge in [0, 0.05) is 17.3 Å². The van der Waals surface area contributed by atoms with Crippen LogP contribution in [-0.2, 0) is 0 Å². The van der Waals surface area contributed by atoms with Crippen LogP contribution in [0.5, 0.6) is 5.75 Å². The zero-order chi connectivity index (χ0) is 18.1. The minimum absolute atomic E-state index is 0.353. The summed E-state index contributed by atoms with van der Waals surface area (Å²) in [5.74, 6) is 1.73. The monoisotopic (exact) mass is 355 g/mol. The standard InChI is InChI=1S/C23H21N3O/c1-2-7-16(8-3-1)18-14-21-23(24-15-18)26-22(25-21)17-9-6-12-20(13-17)27-19-10-4-5-11-19/h1-3,6-9,12-15,19H,4-5,10-11H2,(H,24,25,26). The molecule has 1 saturated carbocycles. The predicted molar refractivity (Wildman–Crippen MR) is 108 cm³/mol. The van der Waals surface area contributed by atoms with Gasteiger partial charge in [0.2, 0.25) is 0 Å². The Morgan fingerprint density at radius 1 is 0.852 bits per heavy atom. The largest absolute Gasteiger partial charge is 0.490 e. The van der Waals surface area contributed by atoms with Crippen LogP contribution in [0.4, 0.5) is 0 Å². The number of hydrogen-bond acceptors (Lipinski definition) is 3. The molecule has 4 heteroatoms. The molecular weight excluding hydrogens is 334 g/mol. The zero-order valence-electron chi connectivity index (χ0n) is 15.1. The van der Waals surface area contributed by atoms with Gasteiger partial charge >= 0.3 is 0 Å². The van der Waals surface area contributed by atoms with Gasteiger partial charge in [-0.15, -0.1) is 0 Å². The van der Waals surface area contributed by atoms with Crippen molar-refractivity contribution in [2.75, 3.05) is 0 Å². The van der Waals surface area contributed by atoms with E-state index in [0.717, 1.165) is 52.3 Å². The second-order valence-electron chi connectivity index (χ2n) is 7.10. The first-order chi connectivity index (χ1) is 13.3. The molecule has 5 rings (SSSR count). The van der Waals surface area contributed by atoms with Gasteiger partial charge in [-0.05, 0) is 49.4 Å². The molecule has 1 fully saturated rings. The van der Waals surface area contributed by atoms with Crippen LogP contribution in [0.1, 0.15) is 25.7 Å². The van der Waals surface area contributed by atoms with Crippen molar-refractivity contribution in [1.29, 1.82) is 0 Å². The van der Waals surface area contributed by atoms with Gasteiger partial charge in [-0.2, -0.15) is 0 Å². The lowest BCUT2D eigenvalue weighted by Crippen LogP contribution is -2.10. The second-order valence-corrected chi connectivity index (χ2v) is 7.10. The fourth-order valence-electron chi connectivity index (χ4n) is 3.74. The van der Waals surface area contributed by atoms with Crippen LogP contribution in [0.15, 0.2) is 66.9 Å². The van der Waals surface area contributed by atoms with Gasteiger partial charge in [-0.1, -0.05) is 42.5 Å². The highest BCUT2D eigenvalue weighted by molar-refractivity contribution is 5.81. The summed E-state index contributed by atoms with van der Waals surface area (Å²) < 4.78 is 6.13. The van der Waals surface area contributed by atoms with Crippen LogP contribution in [-0.4, -0.2) is 21.1 Å². The molecular formula is C23H21N3O. The molecule has 0 aliphatic heterocycles. The Kier molecular flexibility index (Phi) is 4.09. The third kappa shape index (κ3) is 3.31. The van der Waals surface area contributed by atoms with E-state index >= 15 is 0 Å². The summed E-state index contributed by atoms with van der Waals surface area (Å²) in [6.45, 7) is 0. The number of aromatic amines is 1. The van der Waals surface area contributed by atoms with Crippen molar-refractivity contribution < 1.29 is 4.74 Å². The van der Waals surface area contributed by atoms with E-state index in [1.807, 2.05) is 36.5 Å². The molecule has 0 unspecified atom stereocenters. The Hall–Kier alpha value is -3.14. The van der Waals surface area contributed by atoms with E-state index in [1.165, 1.54) is 12.8 Å². The molecule has 0 radical (unpaired) electrons. The average molecular weight is 355 g/mol. The van der Waals surface area contributed by atoms with Gasteiger partial charge < -0.3 is 9.72 Å². The number of H-pyrrole nitrogens is 1. The van der Waals surface area contributed by atoms with E-state index in [1.54, 1.807) is 0 Å². The lowest BCUT2D eigenvalue weighted by Gasteiger charge is -2.13. The fraction of sp³-hybridized carbons (Fsp3) is 0.217. The summed E-state index contributed by atoms with van der Waals surface area (Å²) in [6, 6.07) is 20.5. The van der Waals surface area contributed by atoms with Crippen molar-refractivity contribution in [3.8, 4) is 28.3 Å². The molecule has 2 heterocycles. The van der Waals surface area contributed by atoms with Crippen molar-refractivity contribution in [1.82, 2.24) is 15.0 Å². The third-order valence-electron chi connectivity index (χ3n) is 5.16. The molecule has 27 heavy (non-hydrogen) atoms. The molecule has 0 amide bonds. The number of nitrogens with zero attached hydrogens (tertiary/aromatic N) is 2. The second kappa shape index (κ2) is 6.88.